The normalized spacial score (nSPS) is 15.9. The summed E-state index contributed by atoms with van der Waals surface area (Å²) in [6, 6.07) is 0.417. The fraction of sp³-hybridized carbons (Fsp3) is 0.786. The molecule has 1 aromatic heterocycles. The summed E-state index contributed by atoms with van der Waals surface area (Å²) in [5.41, 5.74) is 0. The molecule has 0 amide bonds. The van der Waals surface area contributed by atoms with Crippen molar-refractivity contribution in [1.82, 2.24) is 25.4 Å². The van der Waals surface area contributed by atoms with E-state index in [1.54, 1.807) is 0 Å². The molecule has 120 valence electrons. The topological polar surface area (TPSA) is 67.1 Å². The van der Waals surface area contributed by atoms with Gasteiger partial charge in [0.1, 0.15) is 12.4 Å². The number of rotatable bonds is 5. The van der Waals surface area contributed by atoms with Crippen LogP contribution in [0.4, 0.5) is 0 Å². The maximum absolute atomic E-state index is 4.62. The molecular formula is C14H27IN6. The van der Waals surface area contributed by atoms with Gasteiger partial charge in [0.25, 0.3) is 0 Å². The van der Waals surface area contributed by atoms with Crippen LogP contribution in [0.3, 0.4) is 0 Å². The fourth-order valence-electron chi connectivity index (χ4n) is 2.29. The van der Waals surface area contributed by atoms with E-state index in [1.165, 1.54) is 12.8 Å². The number of aromatic nitrogens is 3. The van der Waals surface area contributed by atoms with Crippen molar-refractivity contribution in [3.8, 4) is 0 Å². The van der Waals surface area contributed by atoms with E-state index in [0.717, 1.165) is 43.5 Å². The highest BCUT2D eigenvalue weighted by atomic mass is 127. The molecular weight excluding hydrogens is 379 g/mol. The summed E-state index contributed by atoms with van der Waals surface area (Å²) in [6.45, 7) is 8.87. The number of nitrogens with zero attached hydrogens (tertiary/aromatic N) is 4. The molecule has 2 N–H and O–H groups in total. The summed E-state index contributed by atoms with van der Waals surface area (Å²) in [6.07, 6.45) is 4.55. The van der Waals surface area contributed by atoms with Crippen LogP contribution in [-0.4, -0.2) is 33.3 Å². The molecule has 0 radical (unpaired) electrons. The number of hydrogen-bond donors (Lipinski definition) is 2. The van der Waals surface area contributed by atoms with Crippen LogP contribution in [0.2, 0.25) is 0 Å². The average Bonchev–Trinajstić information content (AvgIpc) is 2.88. The quantitative estimate of drug-likeness (QED) is 0.447. The van der Waals surface area contributed by atoms with Crippen molar-refractivity contribution in [3.63, 3.8) is 0 Å². The van der Waals surface area contributed by atoms with Gasteiger partial charge in [-0.2, -0.15) is 0 Å². The summed E-state index contributed by atoms with van der Waals surface area (Å²) in [7, 11) is 0. The van der Waals surface area contributed by atoms with Crippen LogP contribution in [-0.2, 0) is 19.5 Å². The lowest BCUT2D eigenvalue weighted by Gasteiger charge is -2.17. The van der Waals surface area contributed by atoms with E-state index in [9.17, 15) is 0 Å². The lowest BCUT2D eigenvalue weighted by atomic mass is 10.2. The Labute approximate surface area is 144 Å². The predicted molar refractivity (Wildman–Crippen MR) is 96.1 cm³/mol. The second kappa shape index (κ2) is 9.22. The van der Waals surface area contributed by atoms with Crippen LogP contribution in [0.1, 0.15) is 51.7 Å². The van der Waals surface area contributed by atoms with Crippen LogP contribution in [0.5, 0.6) is 0 Å². The zero-order chi connectivity index (χ0) is 14.4. The second-order valence-corrected chi connectivity index (χ2v) is 5.29. The lowest BCUT2D eigenvalue weighted by molar-refractivity contribution is 0.507. The Hall–Kier alpha value is -0.860. The number of guanidine groups is 1. The Morgan fingerprint density at radius 3 is 2.86 bits per heavy atom. The molecule has 1 unspecified atom stereocenters. The van der Waals surface area contributed by atoms with Gasteiger partial charge >= 0.3 is 0 Å². The molecule has 2 rings (SSSR count). The molecule has 0 aromatic carbocycles. The number of fused-ring (bicyclic) bond motifs is 1. The van der Waals surface area contributed by atoms with E-state index >= 15 is 0 Å². The Balaban J connectivity index is 0.00000220. The smallest absolute Gasteiger partial charge is 0.191 e. The lowest BCUT2D eigenvalue weighted by Crippen LogP contribution is -2.42. The predicted octanol–water partition coefficient (Wildman–Crippen LogP) is 2.09. The van der Waals surface area contributed by atoms with Crippen molar-refractivity contribution < 1.29 is 0 Å². The molecule has 1 aromatic rings. The van der Waals surface area contributed by atoms with Gasteiger partial charge in [-0.3, -0.25) is 0 Å². The molecule has 7 heteroatoms. The monoisotopic (exact) mass is 406 g/mol. The first-order chi connectivity index (χ1) is 9.74. The van der Waals surface area contributed by atoms with Crippen molar-refractivity contribution in [2.24, 2.45) is 4.99 Å². The molecule has 21 heavy (non-hydrogen) atoms. The minimum Gasteiger partial charge on any atom is -0.357 e. The molecule has 0 saturated heterocycles. The standard InChI is InChI=1S/C14H26N6.HI/c1-4-11(3)17-14(15-5-2)16-10-13-19-18-12-8-6-7-9-20(12)13;/h11H,4-10H2,1-3H3,(H2,15,16,17);1H. The maximum atomic E-state index is 4.62. The Kier molecular flexibility index (Phi) is 7.98. The van der Waals surface area contributed by atoms with Crippen molar-refractivity contribution >= 4 is 29.9 Å². The van der Waals surface area contributed by atoms with E-state index < -0.39 is 0 Å². The first-order valence-electron chi connectivity index (χ1n) is 7.70. The Morgan fingerprint density at radius 1 is 1.33 bits per heavy atom. The van der Waals surface area contributed by atoms with Gasteiger partial charge in [-0.1, -0.05) is 6.92 Å². The maximum Gasteiger partial charge on any atom is 0.191 e. The summed E-state index contributed by atoms with van der Waals surface area (Å²) in [4.78, 5) is 4.62. The molecule has 0 aliphatic carbocycles. The first-order valence-corrected chi connectivity index (χ1v) is 7.70. The van der Waals surface area contributed by atoms with Crippen molar-refractivity contribution in [1.29, 1.82) is 0 Å². The van der Waals surface area contributed by atoms with Crippen LogP contribution < -0.4 is 10.6 Å². The minimum absolute atomic E-state index is 0. The molecule has 6 nitrogen and oxygen atoms in total. The number of halogens is 1. The third-order valence-electron chi connectivity index (χ3n) is 3.65. The first kappa shape index (κ1) is 18.2. The van der Waals surface area contributed by atoms with E-state index in [4.69, 9.17) is 0 Å². The molecule has 0 fully saturated rings. The second-order valence-electron chi connectivity index (χ2n) is 5.29. The van der Waals surface area contributed by atoms with Gasteiger partial charge in [-0.25, -0.2) is 4.99 Å². The van der Waals surface area contributed by atoms with Gasteiger partial charge in [0.2, 0.25) is 0 Å². The zero-order valence-electron chi connectivity index (χ0n) is 13.2. The van der Waals surface area contributed by atoms with Crippen LogP contribution in [0.25, 0.3) is 0 Å². The van der Waals surface area contributed by atoms with E-state index in [-0.39, 0.29) is 24.0 Å². The fourth-order valence-corrected chi connectivity index (χ4v) is 2.29. The van der Waals surface area contributed by atoms with E-state index in [1.807, 2.05) is 0 Å². The van der Waals surface area contributed by atoms with Gasteiger partial charge in [0.15, 0.2) is 11.8 Å². The molecule has 1 aliphatic rings. The summed E-state index contributed by atoms with van der Waals surface area (Å²) in [5.74, 6) is 2.94. The van der Waals surface area contributed by atoms with Gasteiger partial charge in [-0.15, -0.1) is 34.2 Å². The largest absolute Gasteiger partial charge is 0.357 e. The van der Waals surface area contributed by atoms with Crippen LogP contribution in [0.15, 0.2) is 4.99 Å². The van der Waals surface area contributed by atoms with Gasteiger partial charge in [0, 0.05) is 25.6 Å². The number of hydrogen-bond acceptors (Lipinski definition) is 3. The molecule has 0 bridgehead atoms. The Morgan fingerprint density at radius 2 is 2.14 bits per heavy atom. The van der Waals surface area contributed by atoms with Gasteiger partial charge in [0.05, 0.1) is 0 Å². The van der Waals surface area contributed by atoms with Crippen molar-refractivity contribution in [2.75, 3.05) is 6.54 Å². The van der Waals surface area contributed by atoms with Crippen molar-refractivity contribution in [3.05, 3.63) is 11.6 Å². The zero-order valence-corrected chi connectivity index (χ0v) is 15.6. The minimum atomic E-state index is 0. The van der Waals surface area contributed by atoms with Gasteiger partial charge < -0.3 is 15.2 Å². The third-order valence-corrected chi connectivity index (χ3v) is 3.65. The highest BCUT2D eigenvalue weighted by molar-refractivity contribution is 14.0. The molecule has 1 aliphatic heterocycles. The Bertz CT molecular complexity index is 456. The number of aliphatic imine (C=N–C) groups is 1. The molecule has 0 spiro atoms. The van der Waals surface area contributed by atoms with Crippen molar-refractivity contribution in [2.45, 2.75) is 65.6 Å². The van der Waals surface area contributed by atoms with Gasteiger partial charge in [-0.05, 0) is 33.1 Å². The van der Waals surface area contributed by atoms with E-state index in [2.05, 4.69) is 51.2 Å². The summed E-state index contributed by atoms with van der Waals surface area (Å²) < 4.78 is 2.22. The number of aryl methyl sites for hydroxylation is 1. The highest BCUT2D eigenvalue weighted by Crippen LogP contribution is 2.14. The highest BCUT2D eigenvalue weighted by Gasteiger charge is 2.15. The molecule has 0 saturated carbocycles. The SMILES string of the molecule is CCNC(=NCc1nnc2n1CCCC2)NC(C)CC.I. The molecule has 1 atom stereocenters. The summed E-state index contributed by atoms with van der Waals surface area (Å²) in [5, 5.41) is 15.2. The molecule has 2 heterocycles. The van der Waals surface area contributed by atoms with Crippen LogP contribution in [0, 0.1) is 0 Å². The number of nitrogens with one attached hydrogen (secondary N) is 2. The third kappa shape index (κ3) is 5.12. The average molecular weight is 406 g/mol. The summed E-state index contributed by atoms with van der Waals surface area (Å²) >= 11 is 0. The van der Waals surface area contributed by atoms with E-state index in [0.29, 0.717) is 12.6 Å². The van der Waals surface area contributed by atoms with Crippen LogP contribution >= 0.6 is 24.0 Å².